The molecule has 2 N–H and O–H groups in total. The minimum absolute atomic E-state index is 0.377. The van der Waals surface area contributed by atoms with Crippen molar-refractivity contribution in [3.63, 3.8) is 0 Å². The van der Waals surface area contributed by atoms with Gasteiger partial charge in [-0.3, -0.25) is 9.59 Å². The lowest BCUT2D eigenvalue weighted by Crippen LogP contribution is -2.24. The predicted octanol–water partition coefficient (Wildman–Crippen LogP) is 5.67. The van der Waals surface area contributed by atoms with Crippen LogP contribution in [0.25, 0.3) is 10.8 Å². The van der Waals surface area contributed by atoms with E-state index in [4.69, 9.17) is 9.47 Å². The Hall–Kier alpha value is -4.17. The largest absolute Gasteiger partial charge is 0.495 e. The van der Waals surface area contributed by atoms with Crippen LogP contribution in [-0.4, -0.2) is 25.1 Å². The molecule has 0 radical (unpaired) electrons. The second-order valence-electron chi connectivity index (χ2n) is 7.83. The molecule has 0 saturated carbocycles. The topological polar surface area (TPSA) is 89.0 Å². The standard InChI is InChI=1S/C28H24BrN3O4/c1-35-26-9-5-4-8-24(26)31-27(33)16-28(34)32-30-17-23-22-7-3-2-6-20(22)12-15-25(23)36-18-19-10-13-21(29)14-11-19/h2-15,17H,16,18H2,1H3,(H,31,33)(H,32,34). The van der Waals surface area contributed by atoms with E-state index in [9.17, 15) is 9.59 Å². The number of ether oxygens (including phenoxy) is 2. The molecule has 0 unspecified atom stereocenters. The van der Waals surface area contributed by atoms with E-state index in [1.165, 1.54) is 13.3 Å². The highest BCUT2D eigenvalue weighted by molar-refractivity contribution is 9.10. The fourth-order valence-corrected chi connectivity index (χ4v) is 3.84. The normalized spacial score (nSPS) is 10.8. The molecular weight excluding hydrogens is 522 g/mol. The fraction of sp³-hybridized carbons (Fsp3) is 0.107. The summed E-state index contributed by atoms with van der Waals surface area (Å²) >= 11 is 3.43. The van der Waals surface area contributed by atoms with Crippen molar-refractivity contribution in [1.29, 1.82) is 0 Å². The number of nitrogens with zero attached hydrogens (tertiary/aromatic N) is 1. The second-order valence-corrected chi connectivity index (χ2v) is 8.75. The van der Waals surface area contributed by atoms with Gasteiger partial charge in [0.25, 0.3) is 0 Å². The number of rotatable bonds is 9. The zero-order chi connectivity index (χ0) is 25.3. The molecule has 4 aromatic carbocycles. The maximum atomic E-state index is 12.3. The minimum atomic E-state index is -0.545. The fourth-order valence-electron chi connectivity index (χ4n) is 3.57. The summed E-state index contributed by atoms with van der Waals surface area (Å²) in [4.78, 5) is 24.6. The van der Waals surface area contributed by atoms with Crippen LogP contribution in [0, 0.1) is 0 Å². The van der Waals surface area contributed by atoms with Gasteiger partial charge in [0.15, 0.2) is 0 Å². The summed E-state index contributed by atoms with van der Waals surface area (Å²) in [5.41, 5.74) is 4.66. The molecule has 0 fully saturated rings. The molecule has 0 spiro atoms. The molecule has 4 aromatic rings. The summed E-state index contributed by atoms with van der Waals surface area (Å²) in [5, 5.41) is 8.71. The summed E-state index contributed by atoms with van der Waals surface area (Å²) in [7, 11) is 1.51. The van der Waals surface area contributed by atoms with E-state index in [-0.39, 0.29) is 0 Å². The molecule has 0 saturated heterocycles. The summed E-state index contributed by atoms with van der Waals surface area (Å²) < 4.78 is 12.3. The number of fused-ring (bicyclic) bond motifs is 1. The Morgan fingerprint density at radius 2 is 1.64 bits per heavy atom. The van der Waals surface area contributed by atoms with Crippen molar-refractivity contribution in [3.05, 3.63) is 101 Å². The molecule has 36 heavy (non-hydrogen) atoms. The van der Waals surface area contributed by atoms with Gasteiger partial charge < -0.3 is 14.8 Å². The van der Waals surface area contributed by atoms with E-state index >= 15 is 0 Å². The summed E-state index contributed by atoms with van der Waals surface area (Å²) in [6.07, 6.45) is 1.15. The number of para-hydroxylation sites is 2. The first-order valence-electron chi connectivity index (χ1n) is 11.2. The van der Waals surface area contributed by atoms with Gasteiger partial charge in [-0.1, -0.05) is 70.5 Å². The Bertz CT molecular complexity index is 1400. The first-order valence-corrected chi connectivity index (χ1v) is 12.0. The molecule has 0 aromatic heterocycles. The van der Waals surface area contributed by atoms with Gasteiger partial charge in [0.1, 0.15) is 24.5 Å². The van der Waals surface area contributed by atoms with Crippen LogP contribution >= 0.6 is 15.9 Å². The zero-order valence-corrected chi connectivity index (χ0v) is 21.1. The van der Waals surface area contributed by atoms with Gasteiger partial charge in [-0.2, -0.15) is 5.10 Å². The predicted molar refractivity (Wildman–Crippen MR) is 144 cm³/mol. The van der Waals surface area contributed by atoms with Crippen molar-refractivity contribution in [2.45, 2.75) is 13.0 Å². The molecule has 4 rings (SSSR count). The van der Waals surface area contributed by atoms with E-state index in [0.29, 0.717) is 23.8 Å². The first-order chi connectivity index (χ1) is 17.5. The lowest BCUT2D eigenvalue weighted by molar-refractivity contribution is -0.126. The van der Waals surface area contributed by atoms with Crippen LogP contribution in [-0.2, 0) is 16.2 Å². The number of hydrogen-bond donors (Lipinski definition) is 2. The number of carbonyl (C=O) groups is 2. The second kappa shape index (κ2) is 12.0. The van der Waals surface area contributed by atoms with Gasteiger partial charge in [0, 0.05) is 10.0 Å². The maximum absolute atomic E-state index is 12.3. The molecular formula is C28H24BrN3O4. The SMILES string of the molecule is COc1ccccc1NC(=O)CC(=O)NN=Cc1c(OCc2ccc(Br)cc2)ccc2ccccc12. The van der Waals surface area contributed by atoms with E-state index in [1.807, 2.05) is 60.7 Å². The number of nitrogens with one attached hydrogen (secondary N) is 2. The number of halogens is 1. The summed E-state index contributed by atoms with van der Waals surface area (Å²) in [6, 6.07) is 26.6. The third kappa shape index (κ3) is 6.49. The number of anilines is 1. The molecule has 0 bridgehead atoms. The number of methoxy groups -OCH3 is 1. The third-order valence-electron chi connectivity index (χ3n) is 5.32. The van der Waals surface area contributed by atoms with Crippen molar-refractivity contribution in [2.75, 3.05) is 12.4 Å². The zero-order valence-electron chi connectivity index (χ0n) is 19.5. The van der Waals surface area contributed by atoms with E-state index in [2.05, 4.69) is 31.8 Å². The Balaban J connectivity index is 1.44. The molecule has 0 aliphatic rings. The lowest BCUT2D eigenvalue weighted by Gasteiger charge is -2.12. The molecule has 0 aliphatic heterocycles. The highest BCUT2D eigenvalue weighted by Gasteiger charge is 2.12. The molecule has 8 heteroatoms. The van der Waals surface area contributed by atoms with Crippen LogP contribution in [0.5, 0.6) is 11.5 Å². The van der Waals surface area contributed by atoms with Crippen molar-refractivity contribution in [2.24, 2.45) is 5.10 Å². The van der Waals surface area contributed by atoms with Crippen molar-refractivity contribution >= 4 is 50.4 Å². The first kappa shape index (κ1) is 24.9. The van der Waals surface area contributed by atoms with Gasteiger partial charge in [0.2, 0.25) is 11.8 Å². The highest BCUT2D eigenvalue weighted by Crippen LogP contribution is 2.28. The third-order valence-corrected chi connectivity index (χ3v) is 5.85. The van der Waals surface area contributed by atoms with Gasteiger partial charge >= 0.3 is 0 Å². The summed E-state index contributed by atoms with van der Waals surface area (Å²) in [6.45, 7) is 0.377. The lowest BCUT2D eigenvalue weighted by atomic mass is 10.0. The number of hydrogen-bond acceptors (Lipinski definition) is 5. The number of benzene rings is 4. The highest BCUT2D eigenvalue weighted by atomic mass is 79.9. The molecule has 182 valence electrons. The van der Waals surface area contributed by atoms with E-state index in [1.54, 1.807) is 24.3 Å². The Morgan fingerprint density at radius 3 is 2.44 bits per heavy atom. The van der Waals surface area contributed by atoms with Crippen LogP contribution in [0.1, 0.15) is 17.5 Å². The van der Waals surface area contributed by atoms with Crippen molar-refractivity contribution in [3.8, 4) is 11.5 Å². The molecule has 0 aliphatic carbocycles. The van der Waals surface area contributed by atoms with Crippen LogP contribution in [0.3, 0.4) is 0 Å². The minimum Gasteiger partial charge on any atom is -0.495 e. The Kier molecular flexibility index (Phi) is 8.31. The smallest absolute Gasteiger partial charge is 0.249 e. The molecule has 7 nitrogen and oxygen atoms in total. The van der Waals surface area contributed by atoms with Gasteiger partial charge in [-0.15, -0.1) is 0 Å². The quantitative estimate of drug-likeness (QED) is 0.161. The van der Waals surface area contributed by atoms with Crippen molar-refractivity contribution < 1.29 is 19.1 Å². The monoisotopic (exact) mass is 545 g/mol. The van der Waals surface area contributed by atoms with Gasteiger partial charge in [0.05, 0.1) is 19.0 Å². The van der Waals surface area contributed by atoms with E-state index in [0.717, 1.165) is 26.4 Å². The Morgan fingerprint density at radius 1 is 0.889 bits per heavy atom. The number of amides is 2. The number of hydrazone groups is 1. The van der Waals surface area contributed by atoms with Gasteiger partial charge in [-0.25, -0.2) is 5.43 Å². The van der Waals surface area contributed by atoms with Crippen LogP contribution in [0.2, 0.25) is 0 Å². The van der Waals surface area contributed by atoms with Crippen LogP contribution in [0.4, 0.5) is 5.69 Å². The molecule has 0 atom stereocenters. The summed E-state index contributed by atoms with van der Waals surface area (Å²) in [5.74, 6) is 0.117. The molecule has 0 heterocycles. The van der Waals surface area contributed by atoms with Crippen molar-refractivity contribution in [1.82, 2.24) is 5.43 Å². The van der Waals surface area contributed by atoms with Crippen LogP contribution in [0.15, 0.2) is 94.5 Å². The average Bonchev–Trinajstić information content (AvgIpc) is 2.89. The Labute approximate surface area is 217 Å². The van der Waals surface area contributed by atoms with E-state index < -0.39 is 18.2 Å². The number of carbonyl (C=O) groups excluding carboxylic acids is 2. The van der Waals surface area contributed by atoms with Crippen LogP contribution < -0.4 is 20.2 Å². The van der Waals surface area contributed by atoms with Gasteiger partial charge in [-0.05, 0) is 46.7 Å². The maximum Gasteiger partial charge on any atom is 0.249 e. The average molecular weight is 546 g/mol. The molecule has 2 amide bonds.